The molecule has 7 rings (SSSR count). The lowest BCUT2D eigenvalue weighted by atomic mass is 9.77. The summed E-state index contributed by atoms with van der Waals surface area (Å²) in [6.45, 7) is 0.0970. The van der Waals surface area contributed by atoms with E-state index in [1.807, 2.05) is 0 Å². The highest BCUT2D eigenvalue weighted by Gasteiger charge is 2.69. The second kappa shape index (κ2) is 8.60. The Hall–Kier alpha value is -3.29. The van der Waals surface area contributed by atoms with E-state index in [9.17, 15) is 31.1 Å². The number of rotatable bonds is 6. The van der Waals surface area contributed by atoms with E-state index in [0.29, 0.717) is 17.4 Å². The van der Waals surface area contributed by atoms with Crippen molar-refractivity contribution in [3.05, 3.63) is 70.7 Å². The average molecular weight is 587 g/mol. The van der Waals surface area contributed by atoms with Gasteiger partial charge in [0.1, 0.15) is 22.0 Å². The minimum atomic E-state index is -4.29. The van der Waals surface area contributed by atoms with Crippen LogP contribution in [0.5, 0.6) is 0 Å². The Balaban J connectivity index is 1.27. The van der Waals surface area contributed by atoms with Crippen LogP contribution in [0.2, 0.25) is 0 Å². The molecule has 2 bridgehead atoms. The number of halogens is 1. The molecule has 5 aliphatic rings. The number of hydrogen-bond acceptors (Lipinski definition) is 7. The fourth-order valence-electron chi connectivity index (χ4n) is 7.38. The first-order chi connectivity index (χ1) is 18.9. The SMILES string of the molecule is CS(=O)(=O)NCc1ccc2c(c1)S(=O)(=O)N=C(C1=C(O)C3C4CC(C5CC54)C3N(Cc3ccc(F)cc3)C1=O)N2. The normalized spacial score (nSPS) is 31.3. The molecular formula is C27H27FN4O6S2. The number of aliphatic hydroxyl groups is 1. The first kappa shape index (κ1) is 25.7. The van der Waals surface area contributed by atoms with Crippen LogP contribution < -0.4 is 10.0 Å². The Kier molecular flexibility index (Phi) is 5.52. The largest absolute Gasteiger partial charge is 0.511 e. The van der Waals surface area contributed by atoms with Gasteiger partial charge in [-0.2, -0.15) is 8.42 Å². The zero-order chi connectivity index (χ0) is 28.1. The third-order valence-corrected chi connectivity index (χ3v) is 11.0. The average Bonchev–Trinajstić information content (AvgIpc) is 3.49. The van der Waals surface area contributed by atoms with Crippen LogP contribution in [0.15, 0.2) is 63.1 Å². The molecule has 0 aromatic heterocycles. The number of nitrogens with one attached hydrogen (secondary N) is 2. The fourth-order valence-corrected chi connectivity index (χ4v) is 8.98. The van der Waals surface area contributed by atoms with Crippen molar-refractivity contribution >= 4 is 37.5 Å². The molecule has 2 aromatic rings. The summed E-state index contributed by atoms with van der Waals surface area (Å²) in [5, 5.41) is 14.5. The van der Waals surface area contributed by atoms with Gasteiger partial charge < -0.3 is 15.3 Å². The molecule has 6 unspecified atom stereocenters. The van der Waals surface area contributed by atoms with Crippen LogP contribution in [0.25, 0.3) is 0 Å². The van der Waals surface area contributed by atoms with Crippen LogP contribution in [0.4, 0.5) is 10.1 Å². The summed E-state index contributed by atoms with van der Waals surface area (Å²) in [4.78, 5) is 15.6. The smallest absolute Gasteiger partial charge is 0.286 e. The van der Waals surface area contributed by atoms with Gasteiger partial charge in [0.15, 0.2) is 5.84 Å². The van der Waals surface area contributed by atoms with Gasteiger partial charge in [0.2, 0.25) is 10.0 Å². The van der Waals surface area contributed by atoms with E-state index >= 15 is 0 Å². The number of fused-ring (bicyclic) bond motifs is 9. The monoisotopic (exact) mass is 586 g/mol. The number of amides is 1. The third kappa shape index (κ3) is 4.05. The van der Waals surface area contributed by atoms with Crippen molar-refractivity contribution in [1.29, 1.82) is 0 Å². The quantitative estimate of drug-likeness (QED) is 0.472. The molecule has 2 aliphatic heterocycles. The minimum Gasteiger partial charge on any atom is -0.511 e. The molecule has 40 heavy (non-hydrogen) atoms. The molecule has 1 amide bonds. The molecule has 13 heteroatoms. The molecule has 0 spiro atoms. The third-order valence-electron chi connectivity index (χ3n) is 9.04. The van der Waals surface area contributed by atoms with Crippen molar-refractivity contribution in [2.45, 2.75) is 36.9 Å². The van der Waals surface area contributed by atoms with Crippen LogP contribution in [0, 0.1) is 35.4 Å². The Bertz CT molecular complexity index is 1740. The van der Waals surface area contributed by atoms with Crippen LogP contribution in [0.3, 0.4) is 0 Å². The Morgan fingerprint density at radius 1 is 1.07 bits per heavy atom. The lowest BCUT2D eigenvalue weighted by Gasteiger charge is -2.44. The molecule has 3 aliphatic carbocycles. The van der Waals surface area contributed by atoms with Crippen molar-refractivity contribution in [3.63, 3.8) is 0 Å². The maximum Gasteiger partial charge on any atom is 0.286 e. The predicted molar refractivity (Wildman–Crippen MR) is 143 cm³/mol. The summed E-state index contributed by atoms with van der Waals surface area (Å²) in [7, 11) is -7.78. The Labute approximate surface area is 231 Å². The van der Waals surface area contributed by atoms with Crippen LogP contribution in [0.1, 0.15) is 24.0 Å². The van der Waals surface area contributed by atoms with Gasteiger partial charge >= 0.3 is 0 Å². The number of amidine groups is 1. The van der Waals surface area contributed by atoms with Crippen LogP contribution in [-0.4, -0.2) is 50.9 Å². The standard InChI is InChI=1S/C27H27FN4O6S2/c1-39(35,36)29-11-14-4-7-20-21(8-14)40(37,38)31-26(30-20)23-25(33)22-18-10-19(17-9-16(17)18)24(22)32(27(23)34)12-13-2-5-15(28)6-3-13/h2-8,16-19,22,24,29,33H,9-12H2,1H3,(H,30,31). The summed E-state index contributed by atoms with van der Waals surface area (Å²) in [6, 6.07) is 10.1. The second-order valence-corrected chi connectivity index (χ2v) is 14.8. The molecule has 0 saturated heterocycles. The number of sulfonamides is 2. The molecule has 2 aromatic carbocycles. The van der Waals surface area contributed by atoms with Crippen molar-refractivity contribution in [2.24, 2.45) is 34.0 Å². The van der Waals surface area contributed by atoms with Crippen molar-refractivity contribution < 1.29 is 31.1 Å². The Morgan fingerprint density at radius 3 is 2.48 bits per heavy atom. The lowest BCUT2D eigenvalue weighted by molar-refractivity contribution is -0.134. The summed E-state index contributed by atoms with van der Waals surface area (Å²) in [5.74, 6) is -0.0865. The summed E-state index contributed by atoms with van der Waals surface area (Å²) >= 11 is 0. The highest BCUT2D eigenvalue weighted by atomic mass is 32.2. The van der Waals surface area contributed by atoms with E-state index < -0.39 is 26.0 Å². The van der Waals surface area contributed by atoms with E-state index in [1.54, 1.807) is 23.1 Å². The number of hydrogen-bond donors (Lipinski definition) is 3. The molecule has 210 valence electrons. The second-order valence-electron chi connectivity index (χ2n) is 11.4. The topological polar surface area (TPSA) is 145 Å². The summed E-state index contributed by atoms with van der Waals surface area (Å²) in [6.07, 6.45) is 2.98. The van der Waals surface area contributed by atoms with Crippen LogP contribution >= 0.6 is 0 Å². The molecule has 2 heterocycles. The van der Waals surface area contributed by atoms with Crippen LogP contribution in [-0.2, 0) is 37.9 Å². The highest BCUT2D eigenvalue weighted by molar-refractivity contribution is 7.90. The first-order valence-corrected chi connectivity index (χ1v) is 16.4. The predicted octanol–water partition coefficient (Wildman–Crippen LogP) is 2.51. The molecule has 3 fully saturated rings. The van der Waals surface area contributed by atoms with E-state index in [-0.39, 0.29) is 70.5 Å². The van der Waals surface area contributed by atoms with E-state index in [4.69, 9.17) is 0 Å². The highest BCUT2D eigenvalue weighted by Crippen LogP contribution is 2.70. The number of anilines is 1. The number of aliphatic hydroxyl groups excluding tert-OH is 1. The van der Waals surface area contributed by atoms with Gasteiger partial charge in [0, 0.05) is 25.0 Å². The van der Waals surface area contributed by atoms with Gasteiger partial charge in [-0.1, -0.05) is 18.2 Å². The molecule has 3 N–H and O–H groups in total. The van der Waals surface area contributed by atoms with Crippen molar-refractivity contribution in [3.8, 4) is 0 Å². The van der Waals surface area contributed by atoms with Gasteiger partial charge in [-0.15, -0.1) is 4.40 Å². The van der Waals surface area contributed by atoms with Gasteiger partial charge in [-0.25, -0.2) is 17.5 Å². The zero-order valence-corrected chi connectivity index (χ0v) is 23.0. The number of benzene rings is 2. The maximum absolute atomic E-state index is 14.1. The molecule has 0 radical (unpaired) electrons. The molecule has 6 atom stereocenters. The number of carbonyl (C=O) groups excluding carboxylic acids is 1. The van der Waals surface area contributed by atoms with E-state index in [0.717, 1.165) is 24.7 Å². The number of carbonyl (C=O) groups is 1. The van der Waals surface area contributed by atoms with E-state index in [1.165, 1.54) is 24.3 Å². The Morgan fingerprint density at radius 2 is 1.75 bits per heavy atom. The first-order valence-electron chi connectivity index (χ1n) is 13.1. The molecule has 10 nitrogen and oxygen atoms in total. The van der Waals surface area contributed by atoms with Gasteiger partial charge in [-0.3, -0.25) is 4.79 Å². The fraction of sp³-hybridized carbons (Fsp3) is 0.407. The van der Waals surface area contributed by atoms with Crippen molar-refractivity contribution in [2.75, 3.05) is 11.6 Å². The lowest BCUT2D eigenvalue weighted by Crippen LogP contribution is -2.54. The van der Waals surface area contributed by atoms with Gasteiger partial charge in [0.05, 0.1) is 11.9 Å². The molecular weight excluding hydrogens is 559 g/mol. The van der Waals surface area contributed by atoms with Crippen molar-refractivity contribution in [1.82, 2.24) is 9.62 Å². The van der Waals surface area contributed by atoms with E-state index in [2.05, 4.69) is 14.4 Å². The molecule has 3 saturated carbocycles. The summed E-state index contributed by atoms with van der Waals surface area (Å²) < 4.78 is 69.3. The van der Waals surface area contributed by atoms with Gasteiger partial charge in [-0.05, 0) is 71.9 Å². The minimum absolute atomic E-state index is 0.102. The van der Waals surface area contributed by atoms with Gasteiger partial charge in [0.25, 0.3) is 15.9 Å². The maximum atomic E-state index is 14.1. The zero-order valence-electron chi connectivity index (χ0n) is 21.4. The number of nitrogens with zero attached hydrogens (tertiary/aromatic N) is 2. The summed E-state index contributed by atoms with van der Waals surface area (Å²) in [5.41, 5.74) is 1.16.